The lowest BCUT2D eigenvalue weighted by Gasteiger charge is -1.99. The molecule has 0 aliphatic carbocycles. The van der Waals surface area contributed by atoms with E-state index in [1.54, 1.807) is 0 Å². The SMILES string of the molecule is CCCCNCc1cnn(C)c1.Cl. The van der Waals surface area contributed by atoms with Crippen molar-refractivity contribution in [1.82, 2.24) is 15.1 Å². The van der Waals surface area contributed by atoms with Crippen molar-refractivity contribution in [2.24, 2.45) is 7.05 Å². The summed E-state index contributed by atoms with van der Waals surface area (Å²) in [5.74, 6) is 0. The Labute approximate surface area is 85.9 Å². The lowest BCUT2D eigenvalue weighted by molar-refractivity contribution is 0.641. The maximum Gasteiger partial charge on any atom is 0.0534 e. The zero-order valence-corrected chi connectivity index (χ0v) is 9.10. The molecule has 0 bridgehead atoms. The van der Waals surface area contributed by atoms with Crippen molar-refractivity contribution in [1.29, 1.82) is 0 Å². The maximum atomic E-state index is 4.09. The second-order valence-corrected chi connectivity index (χ2v) is 3.05. The van der Waals surface area contributed by atoms with Crippen LogP contribution >= 0.6 is 12.4 Å². The number of nitrogens with one attached hydrogen (secondary N) is 1. The van der Waals surface area contributed by atoms with Gasteiger partial charge in [0, 0.05) is 25.4 Å². The Balaban J connectivity index is 0.00000144. The van der Waals surface area contributed by atoms with E-state index in [4.69, 9.17) is 0 Å². The highest BCUT2D eigenvalue weighted by atomic mass is 35.5. The smallest absolute Gasteiger partial charge is 0.0534 e. The number of aromatic nitrogens is 2. The molecule has 0 fully saturated rings. The van der Waals surface area contributed by atoms with Crippen LogP contribution in [0.15, 0.2) is 12.4 Å². The van der Waals surface area contributed by atoms with E-state index in [2.05, 4.69) is 17.3 Å². The van der Waals surface area contributed by atoms with Crippen LogP contribution in [0.1, 0.15) is 25.3 Å². The van der Waals surface area contributed by atoms with Gasteiger partial charge in [-0.15, -0.1) is 12.4 Å². The number of hydrogen-bond donors (Lipinski definition) is 1. The summed E-state index contributed by atoms with van der Waals surface area (Å²) in [4.78, 5) is 0. The maximum absolute atomic E-state index is 4.09. The van der Waals surface area contributed by atoms with Gasteiger partial charge in [0.2, 0.25) is 0 Å². The summed E-state index contributed by atoms with van der Waals surface area (Å²) in [5.41, 5.74) is 1.26. The molecule has 0 atom stereocenters. The van der Waals surface area contributed by atoms with E-state index in [0.717, 1.165) is 13.1 Å². The van der Waals surface area contributed by atoms with Crippen LogP contribution in [0.3, 0.4) is 0 Å². The first kappa shape index (κ1) is 12.5. The highest BCUT2D eigenvalue weighted by Crippen LogP contribution is 1.94. The third kappa shape index (κ3) is 4.90. The number of unbranched alkanes of at least 4 members (excludes halogenated alkanes) is 1. The molecule has 0 unspecified atom stereocenters. The van der Waals surface area contributed by atoms with Crippen LogP contribution in [0.5, 0.6) is 0 Å². The number of nitrogens with zero attached hydrogens (tertiary/aromatic N) is 2. The molecule has 0 aliphatic heterocycles. The Hall–Kier alpha value is -0.540. The van der Waals surface area contributed by atoms with E-state index < -0.39 is 0 Å². The Morgan fingerprint density at radius 2 is 2.31 bits per heavy atom. The molecule has 0 amide bonds. The topological polar surface area (TPSA) is 29.9 Å². The minimum Gasteiger partial charge on any atom is -0.313 e. The molecule has 3 nitrogen and oxygen atoms in total. The highest BCUT2D eigenvalue weighted by Gasteiger charge is 1.93. The second-order valence-electron chi connectivity index (χ2n) is 3.05. The first-order valence-electron chi connectivity index (χ1n) is 4.51. The van der Waals surface area contributed by atoms with Crippen LogP contribution in [0.25, 0.3) is 0 Å². The van der Waals surface area contributed by atoms with Gasteiger partial charge < -0.3 is 5.32 Å². The zero-order valence-electron chi connectivity index (χ0n) is 8.29. The van der Waals surface area contributed by atoms with E-state index in [1.165, 1.54) is 18.4 Å². The highest BCUT2D eigenvalue weighted by molar-refractivity contribution is 5.85. The lowest BCUT2D eigenvalue weighted by atomic mass is 10.3. The summed E-state index contributed by atoms with van der Waals surface area (Å²) in [6, 6.07) is 0. The van der Waals surface area contributed by atoms with Gasteiger partial charge in [-0.05, 0) is 13.0 Å². The molecular formula is C9H18ClN3. The Kier molecular flexibility index (Phi) is 6.63. The van der Waals surface area contributed by atoms with Crippen LogP contribution in [0, 0.1) is 0 Å². The van der Waals surface area contributed by atoms with Gasteiger partial charge in [0.1, 0.15) is 0 Å². The molecule has 0 spiro atoms. The number of hydrogen-bond acceptors (Lipinski definition) is 2. The quantitative estimate of drug-likeness (QED) is 0.739. The average molecular weight is 204 g/mol. The fourth-order valence-corrected chi connectivity index (χ4v) is 1.10. The van der Waals surface area contributed by atoms with E-state index in [1.807, 2.05) is 24.1 Å². The summed E-state index contributed by atoms with van der Waals surface area (Å²) in [6.45, 7) is 4.24. The molecule has 0 saturated carbocycles. The van der Waals surface area contributed by atoms with Gasteiger partial charge in [0.25, 0.3) is 0 Å². The second kappa shape index (κ2) is 6.92. The first-order valence-corrected chi connectivity index (χ1v) is 4.51. The predicted molar refractivity (Wildman–Crippen MR) is 57.1 cm³/mol. The molecular weight excluding hydrogens is 186 g/mol. The summed E-state index contributed by atoms with van der Waals surface area (Å²) >= 11 is 0. The summed E-state index contributed by atoms with van der Waals surface area (Å²) < 4.78 is 1.83. The standard InChI is InChI=1S/C9H17N3.ClH/c1-3-4-5-10-6-9-7-11-12(2)8-9;/h7-8,10H,3-6H2,1-2H3;1H. The van der Waals surface area contributed by atoms with E-state index in [9.17, 15) is 0 Å². The molecule has 76 valence electrons. The third-order valence-corrected chi connectivity index (χ3v) is 1.79. The average Bonchev–Trinajstić information content (AvgIpc) is 2.45. The van der Waals surface area contributed by atoms with Crippen molar-refractivity contribution < 1.29 is 0 Å². The molecule has 1 aromatic rings. The van der Waals surface area contributed by atoms with Gasteiger partial charge in [0.05, 0.1) is 6.20 Å². The van der Waals surface area contributed by atoms with Gasteiger partial charge in [0.15, 0.2) is 0 Å². The van der Waals surface area contributed by atoms with Crippen LogP contribution in [-0.2, 0) is 13.6 Å². The summed E-state index contributed by atoms with van der Waals surface area (Å²) in [7, 11) is 1.94. The minimum atomic E-state index is 0. The van der Waals surface area contributed by atoms with Gasteiger partial charge in [-0.2, -0.15) is 5.10 Å². The number of aryl methyl sites for hydroxylation is 1. The normalized spacial score (nSPS) is 9.69. The van der Waals surface area contributed by atoms with Gasteiger partial charge in [-0.1, -0.05) is 13.3 Å². The minimum absolute atomic E-state index is 0. The fourth-order valence-electron chi connectivity index (χ4n) is 1.10. The number of halogens is 1. The van der Waals surface area contributed by atoms with Crippen molar-refractivity contribution in [3.8, 4) is 0 Å². The monoisotopic (exact) mass is 203 g/mol. The van der Waals surface area contributed by atoms with Gasteiger partial charge >= 0.3 is 0 Å². The van der Waals surface area contributed by atoms with E-state index in [-0.39, 0.29) is 12.4 Å². The van der Waals surface area contributed by atoms with Crippen molar-refractivity contribution in [2.45, 2.75) is 26.3 Å². The molecule has 0 saturated heterocycles. The lowest BCUT2D eigenvalue weighted by Crippen LogP contribution is -2.13. The van der Waals surface area contributed by atoms with Crippen LogP contribution in [0.4, 0.5) is 0 Å². The molecule has 4 heteroatoms. The summed E-state index contributed by atoms with van der Waals surface area (Å²) in [6.07, 6.45) is 6.44. The van der Waals surface area contributed by atoms with Crippen LogP contribution in [0.2, 0.25) is 0 Å². The van der Waals surface area contributed by atoms with Crippen molar-refractivity contribution in [3.63, 3.8) is 0 Å². The molecule has 0 radical (unpaired) electrons. The summed E-state index contributed by atoms with van der Waals surface area (Å²) in [5, 5.41) is 7.45. The zero-order chi connectivity index (χ0) is 8.81. The van der Waals surface area contributed by atoms with Crippen LogP contribution < -0.4 is 5.32 Å². The molecule has 0 aromatic carbocycles. The Bertz CT molecular complexity index is 222. The molecule has 0 aliphatic rings. The molecule has 1 aromatic heterocycles. The van der Waals surface area contributed by atoms with E-state index in [0.29, 0.717) is 0 Å². The largest absolute Gasteiger partial charge is 0.313 e. The molecule has 13 heavy (non-hydrogen) atoms. The Morgan fingerprint density at radius 3 is 2.85 bits per heavy atom. The molecule has 1 heterocycles. The van der Waals surface area contributed by atoms with Gasteiger partial charge in [-0.25, -0.2) is 0 Å². The van der Waals surface area contributed by atoms with Crippen LogP contribution in [-0.4, -0.2) is 16.3 Å². The number of rotatable bonds is 5. The third-order valence-electron chi connectivity index (χ3n) is 1.79. The molecule has 1 rings (SSSR count). The van der Waals surface area contributed by atoms with E-state index >= 15 is 0 Å². The fraction of sp³-hybridized carbons (Fsp3) is 0.667. The molecule has 1 N–H and O–H groups in total. The van der Waals surface area contributed by atoms with Crippen molar-refractivity contribution in [2.75, 3.05) is 6.54 Å². The van der Waals surface area contributed by atoms with Crippen molar-refractivity contribution in [3.05, 3.63) is 18.0 Å². The predicted octanol–water partition coefficient (Wildman–Crippen LogP) is 1.73. The van der Waals surface area contributed by atoms with Crippen molar-refractivity contribution >= 4 is 12.4 Å². The Morgan fingerprint density at radius 1 is 1.54 bits per heavy atom. The van der Waals surface area contributed by atoms with Gasteiger partial charge in [-0.3, -0.25) is 4.68 Å². The first-order chi connectivity index (χ1) is 5.83.